The molecule has 0 saturated heterocycles. The van der Waals surface area contributed by atoms with Crippen molar-refractivity contribution in [3.63, 3.8) is 0 Å². The SMILES string of the molecule is CCC(C)N1CC2=C(C1=O)C(c1cc(F)c(F)cc1F)NC(=O)N2C. The third kappa shape index (κ3) is 2.65. The van der Waals surface area contributed by atoms with Gasteiger partial charge in [0.15, 0.2) is 11.6 Å². The van der Waals surface area contributed by atoms with E-state index in [4.69, 9.17) is 0 Å². The van der Waals surface area contributed by atoms with E-state index in [9.17, 15) is 22.8 Å². The zero-order valence-electron chi connectivity index (χ0n) is 14.1. The van der Waals surface area contributed by atoms with Crippen molar-refractivity contribution < 1.29 is 22.8 Å². The molecule has 25 heavy (non-hydrogen) atoms. The molecule has 1 N–H and O–H groups in total. The summed E-state index contributed by atoms with van der Waals surface area (Å²) in [7, 11) is 1.51. The number of likely N-dealkylation sites (N-methyl/N-ethyl adjacent to an activating group) is 1. The van der Waals surface area contributed by atoms with Gasteiger partial charge in [0.25, 0.3) is 5.91 Å². The number of nitrogens with zero attached hydrogens (tertiary/aromatic N) is 2. The Morgan fingerprint density at radius 2 is 1.84 bits per heavy atom. The Kier molecular flexibility index (Phi) is 4.22. The van der Waals surface area contributed by atoms with E-state index in [1.807, 2.05) is 13.8 Å². The number of hydrogen-bond donors (Lipinski definition) is 1. The van der Waals surface area contributed by atoms with E-state index in [0.717, 1.165) is 0 Å². The predicted octanol–water partition coefficient (Wildman–Crippen LogP) is 2.69. The lowest BCUT2D eigenvalue weighted by molar-refractivity contribution is -0.127. The monoisotopic (exact) mass is 353 g/mol. The van der Waals surface area contributed by atoms with Gasteiger partial charge >= 0.3 is 6.03 Å². The molecule has 3 rings (SSSR count). The second kappa shape index (κ2) is 6.09. The normalized spacial score (nSPS) is 21.6. The van der Waals surface area contributed by atoms with Crippen molar-refractivity contribution >= 4 is 11.9 Å². The zero-order valence-corrected chi connectivity index (χ0v) is 14.1. The Bertz CT molecular complexity index is 794. The molecule has 1 aromatic rings. The average Bonchev–Trinajstić information content (AvgIpc) is 2.92. The maximum Gasteiger partial charge on any atom is 0.322 e. The smallest absolute Gasteiger partial charge is 0.322 e. The first-order valence-corrected chi connectivity index (χ1v) is 7.98. The molecule has 0 radical (unpaired) electrons. The molecule has 2 heterocycles. The van der Waals surface area contributed by atoms with Crippen molar-refractivity contribution in [2.45, 2.75) is 32.4 Å². The zero-order chi connectivity index (χ0) is 18.5. The Hall–Kier alpha value is -2.51. The van der Waals surface area contributed by atoms with Crippen molar-refractivity contribution in [1.82, 2.24) is 15.1 Å². The summed E-state index contributed by atoms with van der Waals surface area (Å²) in [4.78, 5) is 27.9. The number of carbonyl (C=O) groups excluding carboxylic acids is 2. The minimum Gasteiger partial charge on any atom is -0.330 e. The number of halogens is 3. The molecule has 0 spiro atoms. The average molecular weight is 353 g/mol. The molecule has 1 aromatic carbocycles. The van der Waals surface area contributed by atoms with Gasteiger partial charge in [-0.25, -0.2) is 18.0 Å². The molecule has 2 aliphatic heterocycles. The number of benzene rings is 1. The predicted molar refractivity (Wildman–Crippen MR) is 83.8 cm³/mol. The van der Waals surface area contributed by atoms with Gasteiger partial charge < -0.3 is 10.2 Å². The van der Waals surface area contributed by atoms with E-state index < -0.39 is 29.5 Å². The third-order valence-corrected chi connectivity index (χ3v) is 4.86. The lowest BCUT2D eigenvalue weighted by atomic mass is 9.95. The Morgan fingerprint density at radius 3 is 2.48 bits per heavy atom. The molecule has 5 nitrogen and oxygen atoms in total. The van der Waals surface area contributed by atoms with Crippen LogP contribution in [-0.2, 0) is 4.79 Å². The maximum atomic E-state index is 14.2. The van der Waals surface area contributed by atoms with Crippen LogP contribution in [-0.4, -0.2) is 41.4 Å². The van der Waals surface area contributed by atoms with Crippen molar-refractivity contribution in [2.24, 2.45) is 0 Å². The van der Waals surface area contributed by atoms with Gasteiger partial charge in [-0.1, -0.05) is 6.92 Å². The minimum absolute atomic E-state index is 0.0722. The van der Waals surface area contributed by atoms with Crippen LogP contribution in [0.2, 0.25) is 0 Å². The second-order valence-electron chi connectivity index (χ2n) is 6.28. The lowest BCUT2D eigenvalue weighted by Crippen LogP contribution is -2.45. The fourth-order valence-electron chi connectivity index (χ4n) is 3.16. The lowest BCUT2D eigenvalue weighted by Gasteiger charge is -2.31. The summed E-state index contributed by atoms with van der Waals surface area (Å²) in [6.07, 6.45) is 0.710. The number of urea groups is 1. The van der Waals surface area contributed by atoms with E-state index in [1.54, 1.807) is 4.90 Å². The second-order valence-corrected chi connectivity index (χ2v) is 6.28. The summed E-state index contributed by atoms with van der Waals surface area (Å²) < 4.78 is 41.1. The largest absolute Gasteiger partial charge is 0.330 e. The third-order valence-electron chi connectivity index (χ3n) is 4.86. The molecule has 8 heteroatoms. The topological polar surface area (TPSA) is 52.7 Å². The highest BCUT2D eigenvalue weighted by atomic mass is 19.2. The van der Waals surface area contributed by atoms with E-state index in [2.05, 4.69) is 5.32 Å². The molecular formula is C17H18F3N3O2. The standard InChI is InChI=1S/C17H18F3N3O2/c1-4-8(2)23-7-13-14(16(23)24)15(21-17(25)22(13)3)9-5-11(19)12(20)6-10(9)18/h5-6,8,15H,4,7H2,1-3H3,(H,21,25). The van der Waals surface area contributed by atoms with Crippen molar-refractivity contribution in [1.29, 1.82) is 0 Å². The highest BCUT2D eigenvalue weighted by molar-refractivity contribution is 6.01. The number of amides is 3. The quantitative estimate of drug-likeness (QED) is 0.850. The summed E-state index contributed by atoms with van der Waals surface area (Å²) >= 11 is 0. The number of carbonyl (C=O) groups is 2. The van der Waals surface area contributed by atoms with Crippen LogP contribution in [0.1, 0.15) is 31.9 Å². The first kappa shape index (κ1) is 17.3. The van der Waals surface area contributed by atoms with Gasteiger partial charge in [-0.3, -0.25) is 9.69 Å². The van der Waals surface area contributed by atoms with E-state index in [0.29, 0.717) is 24.3 Å². The molecule has 2 unspecified atom stereocenters. The van der Waals surface area contributed by atoms with Crippen LogP contribution < -0.4 is 5.32 Å². The van der Waals surface area contributed by atoms with Crippen LogP contribution in [0.15, 0.2) is 23.4 Å². The molecule has 0 aromatic heterocycles. The fraction of sp³-hybridized carbons (Fsp3) is 0.412. The summed E-state index contributed by atoms with van der Waals surface area (Å²) in [5.41, 5.74) is 0.364. The van der Waals surface area contributed by atoms with E-state index >= 15 is 0 Å². The van der Waals surface area contributed by atoms with E-state index in [-0.39, 0.29) is 29.6 Å². The molecule has 0 fully saturated rings. The summed E-state index contributed by atoms with van der Waals surface area (Å²) in [5, 5.41) is 2.50. The Labute approximate surface area is 143 Å². The molecule has 0 aliphatic carbocycles. The summed E-state index contributed by atoms with van der Waals surface area (Å²) in [6, 6.07) is -0.662. The number of rotatable bonds is 3. The van der Waals surface area contributed by atoms with Crippen LogP contribution in [0.4, 0.5) is 18.0 Å². The van der Waals surface area contributed by atoms with Gasteiger partial charge in [-0.15, -0.1) is 0 Å². The first-order valence-electron chi connectivity index (χ1n) is 7.98. The Morgan fingerprint density at radius 1 is 1.20 bits per heavy atom. The molecule has 134 valence electrons. The molecule has 2 aliphatic rings. The van der Waals surface area contributed by atoms with Crippen LogP contribution in [0.25, 0.3) is 0 Å². The molecular weight excluding hydrogens is 335 g/mol. The number of hydrogen-bond acceptors (Lipinski definition) is 2. The van der Waals surface area contributed by atoms with Gasteiger partial charge in [0.05, 0.1) is 23.9 Å². The first-order chi connectivity index (χ1) is 11.8. The summed E-state index contributed by atoms with van der Waals surface area (Å²) in [5.74, 6) is -3.93. The van der Waals surface area contributed by atoms with Gasteiger partial charge in [0.2, 0.25) is 0 Å². The van der Waals surface area contributed by atoms with Crippen molar-refractivity contribution in [3.05, 3.63) is 46.4 Å². The Balaban J connectivity index is 2.10. The summed E-state index contributed by atoms with van der Waals surface area (Å²) in [6.45, 7) is 4.02. The van der Waals surface area contributed by atoms with Crippen LogP contribution >= 0.6 is 0 Å². The van der Waals surface area contributed by atoms with E-state index in [1.165, 1.54) is 11.9 Å². The molecule has 2 atom stereocenters. The van der Waals surface area contributed by atoms with Gasteiger partial charge in [-0.05, 0) is 19.4 Å². The molecule has 0 bridgehead atoms. The van der Waals surface area contributed by atoms with Crippen LogP contribution in [0.5, 0.6) is 0 Å². The molecule has 0 saturated carbocycles. The van der Waals surface area contributed by atoms with Crippen LogP contribution in [0, 0.1) is 17.5 Å². The highest BCUT2D eigenvalue weighted by Crippen LogP contribution is 2.37. The van der Waals surface area contributed by atoms with Crippen molar-refractivity contribution in [2.75, 3.05) is 13.6 Å². The fourth-order valence-corrected chi connectivity index (χ4v) is 3.16. The number of nitrogens with one attached hydrogen (secondary N) is 1. The van der Waals surface area contributed by atoms with Crippen LogP contribution in [0.3, 0.4) is 0 Å². The highest BCUT2D eigenvalue weighted by Gasteiger charge is 2.44. The van der Waals surface area contributed by atoms with Gasteiger partial charge in [0, 0.05) is 24.7 Å². The minimum atomic E-state index is -1.33. The van der Waals surface area contributed by atoms with Crippen molar-refractivity contribution in [3.8, 4) is 0 Å². The molecule has 3 amide bonds. The van der Waals surface area contributed by atoms with Gasteiger partial charge in [-0.2, -0.15) is 0 Å². The van der Waals surface area contributed by atoms with Gasteiger partial charge in [0.1, 0.15) is 5.82 Å². The maximum absolute atomic E-state index is 14.2.